The summed E-state index contributed by atoms with van der Waals surface area (Å²) in [7, 11) is 1.76. The van der Waals surface area contributed by atoms with Crippen molar-refractivity contribution in [2.75, 3.05) is 33.4 Å². The third-order valence-electron chi connectivity index (χ3n) is 4.24. The van der Waals surface area contributed by atoms with E-state index in [1.165, 1.54) is 19.3 Å². The van der Waals surface area contributed by atoms with Gasteiger partial charge in [-0.05, 0) is 18.3 Å². The van der Waals surface area contributed by atoms with Crippen molar-refractivity contribution >= 4 is 5.97 Å². The Morgan fingerprint density at radius 3 is 2.81 bits per heavy atom. The number of ether oxygens (including phenoxy) is 1. The molecule has 1 atom stereocenters. The molecule has 92 valence electrons. The summed E-state index contributed by atoms with van der Waals surface area (Å²) in [5.41, 5.74) is 0.453. The summed E-state index contributed by atoms with van der Waals surface area (Å²) in [5, 5.41) is 8.69. The Hall–Kier alpha value is -0.610. The van der Waals surface area contributed by atoms with Crippen LogP contribution >= 0.6 is 0 Å². The van der Waals surface area contributed by atoms with Gasteiger partial charge in [-0.2, -0.15) is 0 Å². The van der Waals surface area contributed by atoms with Crippen molar-refractivity contribution < 1.29 is 14.6 Å². The van der Waals surface area contributed by atoms with Crippen molar-refractivity contribution in [2.45, 2.75) is 25.7 Å². The van der Waals surface area contributed by atoms with Gasteiger partial charge in [0, 0.05) is 32.7 Å². The molecule has 0 aromatic carbocycles. The molecular formula is C12H21NO3. The van der Waals surface area contributed by atoms with Gasteiger partial charge in [-0.1, -0.05) is 6.42 Å². The van der Waals surface area contributed by atoms with Crippen molar-refractivity contribution in [1.82, 2.24) is 4.90 Å². The van der Waals surface area contributed by atoms with Gasteiger partial charge in [0.2, 0.25) is 0 Å². The lowest BCUT2D eigenvalue weighted by Crippen LogP contribution is -2.39. The molecule has 0 unspecified atom stereocenters. The molecule has 1 saturated heterocycles. The van der Waals surface area contributed by atoms with Crippen LogP contribution in [0.1, 0.15) is 25.7 Å². The lowest BCUT2D eigenvalue weighted by atomic mass is 9.63. The standard InChI is InChI=1S/C12H21NO3/c1-16-8-10-7-13(6-3-11(14)15)9-12(10)4-2-5-12/h10H,2-9H2,1H3,(H,14,15)/t10-/m0/s1. The predicted octanol–water partition coefficient (Wildman–Crippen LogP) is 1.21. The van der Waals surface area contributed by atoms with Gasteiger partial charge >= 0.3 is 5.97 Å². The fraction of sp³-hybridized carbons (Fsp3) is 0.917. The number of likely N-dealkylation sites (tertiary alicyclic amines) is 1. The third-order valence-corrected chi connectivity index (χ3v) is 4.24. The quantitative estimate of drug-likeness (QED) is 0.767. The molecule has 0 bridgehead atoms. The van der Waals surface area contributed by atoms with Crippen molar-refractivity contribution in [3.05, 3.63) is 0 Å². The molecule has 4 heteroatoms. The van der Waals surface area contributed by atoms with E-state index in [2.05, 4.69) is 4.90 Å². The average molecular weight is 227 g/mol. The van der Waals surface area contributed by atoms with Crippen molar-refractivity contribution in [2.24, 2.45) is 11.3 Å². The van der Waals surface area contributed by atoms with Gasteiger partial charge in [0.15, 0.2) is 0 Å². The van der Waals surface area contributed by atoms with E-state index in [9.17, 15) is 4.79 Å². The zero-order valence-corrected chi connectivity index (χ0v) is 9.95. The fourth-order valence-electron chi connectivity index (χ4n) is 3.20. The zero-order valence-electron chi connectivity index (χ0n) is 9.95. The highest BCUT2D eigenvalue weighted by Gasteiger charge is 2.49. The zero-order chi connectivity index (χ0) is 11.6. The summed E-state index contributed by atoms with van der Waals surface area (Å²) in [4.78, 5) is 12.9. The van der Waals surface area contributed by atoms with E-state index in [4.69, 9.17) is 9.84 Å². The SMILES string of the molecule is COC[C@@H]1CN(CCC(=O)O)CC12CCC2. The van der Waals surface area contributed by atoms with Crippen LogP contribution in [0.4, 0.5) is 0 Å². The van der Waals surface area contributed by atoms with E-state index in [0.29, 0.717) is 17.9 Å². The number of carboxylic acids is 1. The Morgan fingerprint density at radius 2 is 2.31 bits per heavy atom. The fourth-order valence-corrected chi connectivity index (χ4v) is 3.20. The molecule has 0 aromatic rings. The minimum Gasteiger partial charge on any atom is -0.481 e. The summed E-state index contributed by atoms with van der Waals surface area (Å²) in [6.07, 6.45) is 4.18. The highest BCUT2D eigenvalue weighted by atomic mass is 16.5. The Balaban J connectivity index is 1.88. The van der Waals surface area contributed by atoms with Crippen LogP contribution in [0.25, 0.3) is 0 Å². The van der Waals surface area contributed by atoms with Crippen LogP contribution < -0.4 is 0 Å². The van der Waals surface area contributed by atoms with Gasteiger partial charge in [-0.3, -0.25) is 4.79 Å². The second kappa shape index (κ2) is 4.72. The molecule has 2 rings (SSSR count). The molecule has 0 amide bonds. The summed E-state index contributed by atoms with van der Waals surface area (Å²) < 4.78 is 5.29. The molecule has 1 aliphatic heterocycles. The Bertz CT molecular complexity index is 263. The molecule has 0 aromatic heterocycles. The maximum Gasteiger partial charge on any atom is 0.304 e. The molecule has 1 heterocycles. The first-order chi connectivity index (χ1) is 7.66. The molecule has 2 aliphatic rings. The van der Waals surface area contributed by atoms with E-state index in [1.54, 1.807) is 7.11 Å². The smallest absolute Gasteiger partial charge is 0.304 e. The first-order valence-electron chi connectivity index (χ1n) is 6.09. The van der Waals surface area contributed by atoms with Gasteiger partial charge in [0.1, 0.15) is 0 Å². The second-order valence-corrected chi connectivity index (χ2v) is 5.25. The normalized spacial score (nSPS) is 28.2. The highest BCUT2D eigenvalue weighted by molar-refractivity contribution is 5.66. The number of hydrogen-bond acceptors (Lipinski definition) is 3. The topological polar surface area (TPSA) is 49.8 Å². The van der Waals surface area contributed by atoms with Crippen molar-refractivity contribution in [1.29, 1.82) is 0 Å². The van der Waals surface area contributed by atoms with Gasteiger partial charge < -0.3 is 14.7 Å². The van der Waals surface area contributed by atoms with E-state index in [-0.39, 0.29) is 6.42 Å². The van der Waals surface area contributed by atoms with Crippen LogP contribution in [0, 0.1) is 11.3 Å². The van der Waals surface area contributed by atoms with Crippen LogP contribution in [-0.4, -0.2) is 49.3 Å². The first kappa shape index (κ1) is 11.9. The Morgan fingerprint density at radius 1 is 1.56 bits per heavy atom. The minimum absolute atomic E-state index is 0.260. The molecule has 1 aliphatic carbocycles. The number of carboxylic acid groups (broad SMARTS) is 1. The van der Waals surface area contributed by atoms with Crippen LogP contribution in [-0.2, 0) is 9.53 Å². The molecule has 1 saturated carbocycles. The monoisotopic (exact) mass is 227 g/mol. The molecule has 0 radical (unpaired) electrons. The molecule has 4 nitrogen and oxygen atoms in total. The lowest BCUT2D eigenvalue weighted by Gasteiger charge is -2.42. The molecular weight excluding hydrogens is 206 g/mol. The Labute approximate surface area is 96.6 Å². The van der Waals surface area contributed by atoms with Crippen LogP contribution in [0.5, 0.6) is 0 Å². The predicted molar refractivity (Wildman–Crippen MR) is 60.3 cm³/mol. The van der Waals surface area contributed by atoms with Crippen molar-refractivity contribution in [3.8, 4) is 0 Å². The number of methoxy groups -OCH3 is 1. The minimum atomic E-state index is -0.696. The highest BCUT2D eigenvalue weighted by Crippen LogP contribution is 2.51. The van der Waals surface area contributed by atoms with Crippen LogP contribution in [0.15, 0.2) is 0 Å². The average Bonchev–Trinajstić information content (AvgIpc) is 2.54. The van der Waals surface area contributed by atoms with E-state index in [0.717, 1.165) is 19.7 Å². The summed E-state index contributed by atoms with van der Waals surface area (Å²) in [6.45, 7) is 3.61. The molecule has 2 fully saturated rings. The van der Waals surface area contributed by atoms with E-state index < -0.39 is 5.97 Å². The van der Waals surface area contributed by atoms with E-state index in [1.807, 2.05) is 0 Å². The maximum atomic E-state index is 10.6. The van der Waals surface area contributed by atoms with Crippen LogP contribution in [0.2, 0.25) is 0 Å². The second-order valence-electron chi connectivity index (χ2n) is 5.25. The molecule has 16 heavy (non-hydrogen) atoms. The van der Waals surface area contributed by atoms with E-state index >= 15 is 0 Å². The maximum absolute atomic E-state index is 10.6. The number of carbonyl (C=O) groups is 1. The largest absolute Gasteiger partial charge is 0.481 e. The number of nitrogens with zero attached hydrogens (tertiary/aromatic N) is 1. The number of rotatable bonds is 5. The summed E-state index contributed by atoms with van der Waals surface area (Å²) in [6, 6.07) is 0. The molecule has 1 spiro atoms. The summed E-state index contributed by atoms with van der Waals surface area (Å²) in [5.74, 6) is -0.0853. The van der Waals surface area contributed by atoms with Gasteiger partial charge in [0.25, 0.3) is 0 Å². The van der Waals surface area contributed by atoms with Crippen molar-refractivity contribution in [3.63, 3.8) is 0 Å². The van der Waals surface area contributed by atoms with Gasteiger partial charge in [-0.25, -0.2) is 0 Å². The summed E-state index contributed by atoms with van der Waals surface area (Å²) >= 11 is 0. The van der Waals surface area contributed by atoms with Crippen LogP contribution in [0.3, 0.4) is 0 Å². The molecule has 1 N–H and O–H groups in total. The first-order valence-corrected chi connectivity index (χ1v) is 6.09. The lowest BCUT2D eigenvalue weighted by molar-refractivity contribution is -0.137. The third kappa shape index (κ3) is 2.23. The van der Waals surface area contributed by atoms with Gasteiger partial charge in [-0.15, -0.1) is 0 Å². The number of aliphatic carboxylic acids is 1. The number of hydrogen-bond donors (Lipinski definition) is 1. The van der Waals surface area contributed by atoms with Gasteiger partial charge in [0.05, 0.1) is 13.0 Å². The Kier molecular flexibility index (Phi) is 3.50.